The molecule has 0 bridgehead atoms. The van der Waals surface area contributed by atoms with E-state index in [1.165, 1.54) is 11.1 Å². The van der Waals surface area contributed by atoms with Crippen molar-refractivity contribution in [2.45, 2.75) is 53.2 Å². The average Bonchev–Trinajstić information content (AvgIpc) is 3.76. The van der Waals surface area contributed by atoms with Crippen LogP contribution in [0.3, 0.4) is 0 Å². The average molecular weight is 491 g/mol. The molecule has 3 atom stereocenters. The van der Waals surface area contributed by atoms with Gasteiger partial charge in [-0.2, -0.15) is 0 Å². The number of rotatable bonds is 13. The number of hydrogen-bond acceptors (Lipinski definition) is 4. The molecule has 0 aromatic heterocycles. The van der Waals surface area contributed by atoms with Crippen molar-refractivity contribution in [2.24, 2.45) is 10.8 Å². The highest BCUT2D eigenvalue weighted by atomic mass is 16.6. The minimum atomic E-state index is -0.428. The molecule has 0 spiro atoms. The van der Waals surface area contributed by atoms with Crippen LogP contribution in [-0.4, -0.2) is 38.6 Å². The third kappa shape index (κ3) is 6.48. The fraction of sp³-hybridized carbons (Fsp3) is 0.438. The molecular weight excluding hydrogens is 448 g/mol. The van der Waals surface area contributed by atoms with Crippen molar-refractivity contribution in [1.29, 1.82) is 0 Å². The highest BCUT2D eigenvalue weighted by Gasteiger charge is 2.52. The second kappa shape index (κ2) is 11.9. The zero-order valence-electron chi connectivity index (χ0n) is 22.6. The Kier molecular flexibility index (Phi) is 9.21. The summed E-state index contributed by atoms with van der Waals surface area (Å²) in [4.78, 5) is 0. The molecule has 4 nitrogen and oxygen atoms in total. The van der Waals surface area contributed by atoms with Gasteiger partial charge in [0.25, 0.3) is 0 Å². The van der Waals surface area contributed by atoms with Crippen LogP contribution in [0.2, 0.25) is 0 Å². The number of allylic oxidation sites excluding steroid dienone is 14. The molecular formula is C32H42O4. The molecule has 2 aliphatic heterocycles. The van der Waals surface area contributed by atoms with Gasteiger partial charge in [-0.15, -0.1) is 0 Å². The molecule has 3 fully saturated rings. The summed E-state index contributed by atoms with van der Waals surface area (Å²) in [5.74, 6) is 1.47. The Labute approximate surface area is 217 Å². The molecule has 0 aromatic rings. The minimum Gasteiger partial charge on any atom is -0.495 e. The summed E-state index contributed by atoms with van der Waals surface area (Å²) < 4.78 is 22.2. The third-order valence-corrected chi connectivity index (χ3v) is 6.98. The van der Waals surface area contributed by atoms with Crippen LogP contribution >= 0.6 is 0 Å². The van der Waals surface area contributed by atoms with E-state index >= 15 is 0 Å². The molecule has 3 aliphatic rings. The van der Waals surface area contributed by atoms with E-state index in [4.69, 9.17) is 18.9 Å². The van der Waals surface area contributed by atoms with Crippen LogP contribution in [0, 0.1) is 10.8 Å². The topological polar surface area (TPSA) is 43.5 Å². The van der Waals surface area contributed by atoms with Crippen LogP contribution in [0.5, 0.6) is 0 Å². The molecule has 1 saturated carbocycles. The summed E-state index contributed by atoms with van der Waals surface area (Å²) in [6, 6.07) is 0. The van der Waals surface area contributed by atoms with Crippen LogP contribution in [0.15, 0.2) is 108 Å². The Balaban J connectivity index is 2.06. The van der Waals surface area contributed by atoms with Gasteiger partial charge in [-0.1, -0.05) is 76.1 Å². The van der Waals surface area contributed by atoms with Gasteiger partial charge < -0.3 is 18.9 Å². The van der Waals surface area contributed by atoms with Crippen molar-refractivity contribution in [3.8, 4) is 0 Å². The summed E-state index contributed by atoms with van der Waals surface area (Å²) >= 11 is 0. The smallest absolute Gasteiger partial charge is 0.117 e. The second-order valence-electron chi connectivity index (χ2n) is 10.2. The highest BCUT2D eigenvalue weighted by molar-refractivity contribution is 5.62. The van der Waals surface area contributed by atoms with Crippen molar-refractivity contribution >= 4 is 0 Å². The maximum Gasteiger partial charge on any atom is 0.117 e. The lowest BCUT2D eigenvalue weighted by atomic mass is 9.67. The molecule has 3 unspecified atom stereocenters. The fourth-order valence-corrected chi connectivity index (χ4v) is 5.13. The Morgan fingerprint density at radius 1 is 0.972 bits per heavy atom. The first kappa shape index (κ1) is 27.8. The van der Waals surface area contributed by atoms with Crippen LogP contribution in [-0.2, 0) is 18.9 Å². The molecule has 0 radical (unpaired) electrons. The molecule has 4 heteroatoms. The third-order valence-electron chi connectivity index (χ3n) is 6.98. The Morgan fingerprint density at radius 2 is 1.61 bits per heavy atom. The Bertz CT molecular complexity index is 1040. The van der Waals surface area contributed by atoms with Gasteiger partial charge in [0.05, 0.1) is 19.0 Å². The second-order valence-corrected chi connectivity index (χ2v) is 10.2. The van der Waals surface area contributed by atoms with Gasteiger partial charge in [0, 0.05) is 5.41 Å². The monoisotopic (exact) mass is 490 g/mol. The first-order chi connectivity index (χ1) is 17.2. The molecule has 1 aliphatic carbocycles. The summed E-state index contributed by atoms with van der Waals surface area (Å²) in [5, 5.41) is 0. The van der Waals surface area contributed by atoms with Gasteiger partial charge >= 0.3 is 0 Å². The SMILES string of the molecule is C=C/C=C1\C(=C/C)C(C)(C)CC1(/C(C=C)=C/C=C(\C)OCC1CO1)C(/C=C\C(=C)OCC1CO1)=C/C. The van der Waals surface area contributed by atoms with Crippen molar-refractivity contribution in [2.75, 3.05) is 26.4 Å². The van der Waals surface area contributed by atoms with Gasteiger partial charge in [-0.3, -0.25) is 0 Å². The quantitative estimate of drug-likeness (QED) is 0.154. The van der Waals surface area contributed by atoms with Gasteiger partial charge in [-0.25, -0.2) is 0 Å². The van der Waals surface area contributed by atoms with E-state index in [0.717, 1.165) is 36.5 Å². The van der Waals surface area contributed by atoms with Crippen LogP contribution < -0.4 is 0 Å². The van der Waals surface area contributed by atoms with E-state index in [2.05, 4.69) is 77.8 Å². The number of hydrogen-bond donors (Lipinski definition) is 0. The van der Waals surface area contributed by atoms with Gasteiger partial charge in [0.1, 0.15) is 31.2 Å². The molecule has 0 amide bonds. The van der Waals surface area contributed by atoms with Gasteiger partial charge in [0.2, 0.25) is 0 Å². The van der Waals surface area contributed by atoms with E-state index in [9.17, 15) is 0 Å². The lowest BCUT2D eigenvalue weighted by Gasteiger charge is -2.35. The molecule has 2 saturated heterocycles. The zero-order chi connectivity index (χ0) is 26.3. The van der Waals surface area contributed by atoms with E-state index in [1.807, 2.05) is 31.2 Å². The predicted molar refractivity (Wildman–Crippen MR) is 148 cm³/mol. The number of epoxide rings is 2. The molecule has 194 valence electrons. The normalized spacial score (nSPS) is 30.1. The standard InChI is InChI=1S/C32H42O4/c1-9-13-30-29(12-4)31(7,8)22-32(30,25(10-2)16-14-23(5)33-18-27-20-35-27)26(11-3)17-15-24(6)34-19-28-21-36-28/h9-17,27-28H,1-2,6,18-22H2,3-5,7-8H3/b17-15-,23-14+,25-16+,26-11+,29-12+,30-13+. The van der Waals surface area contributed by atoms with Crippen LogP contribution in [0.1, 0.15) is 41.0 Å². The maximum absolute atomic E-state index is 5.88. The molecule has 2 heterocycles. The lowest BCUT2D eigenvalue weighted by Crippen LogP contribution is -2.25. The maximum atomic E-state index is 5.88. The van der Waals surface area contributed by atoms with Gasteiger partial charge in [0.15, 0.2) is 0 Å². The first-order valence-corrected chi connectivity index (χ1v) is 12.8. The van der Waals surface area contributed by atoms with E-state index in [0.29, 0.717) is 19.0 Å². The van der Waals surface area contributed by atoms with E-state index in [1.54, 1.807) is 0 Å². The Morgan fingerprint density at radius 3 is 2.14 bits per heavy atom. The van der Waals surface area contributed by atoms with E-state index < -0.39 is 5.41 Å². The first-order valence-electron chi connectivity index (χ1n) is 12.8. The van der Waals surface area contributed by atoms with E-state index in [-0.39, 0.29) is 17.6 Å². The number of ether oxygens (including phenoxy) is 4. The molecule has 0 aromatic carbocycles. The molecule has 36 heavy (non-hydrogen) atoms. The summed E-state index contributed by atoms with van der Waals surface area (Å²) in [7, 11) is 0. The minimum absolute atomic E-state index is 0.0524. The predicted octanol–water partition coefficient (Wildman–Crippen LogP) is 7.32. The van der Waals surface area contributed by atoms with Crippen molar-refractivity contribution in [3.63, 3.8) is 0 Å². The largest absolute Gasteiger partial charge is 0.495 e. The van der Waals surface area contributed by atoms with Crippen molar-refractivity contribution < 1.29 is 18.9 Å². The highest BCUT2D eigenvalue weighted by Crippen LogP contribution is 2.63. The molecule has 0 N–H and O–H groups in total. The van der Waals surface area contributed by atoms with Crippen molar-refractivity contribution in [1.82, 2.24) is 0 Å². The fourth-order valence-electron chi connectivity index (χ4n) is 5.13. The lowest BCUT2D eigenvalue weighted by molar-refractivity contribution is 0.184. The summed E-state index contributed by atoms with van der Waals surface area (Å²) in [6.45, 7) is 25.8. The van der Waals surface area contributed by atoms with Crippen molar-refractivity contribution in [3.05, 3.63) is 108 Å². The van der Waals surface area contributed by atoms with Crippen LogP contribution in [0.4, 0.5) is 0 Å². The summed E-state index contributed by atoms with van der Waals surface area (Å²) in [6.07, 6.45) is 19.9. The summed E-state index contributed by atoms with van der Waals surface area (Å²) in [5.41, 5.74) is 4.31. The van der Waals surface area contributed by atoms with Crippen LogP contribution in [0.25, 0.3) is 0 Å². The molecule has 3 rings (SSSR count). The Hall–Kier alpha value is -2.82. The van der Waals surface area contributed by atoms with Gasteiger partial charge in [-0.05, 0) is 67.1 Å². The zero-order valence-corrected chi connectivity index (χ0v) is 22.6.